The van der Waals surface area contributed by atoms with E-state index < -0.39 is 0 Å². The zero-order chi connectivity index (χ0) is 14.5. The predicted octanol–water partition coefficient (Wildman–Crippen LogP) is 4.48. The molecule has 0 saturated heterocycles. The Hall–Kier alpha value is -1.78. The number of rotatable bonds is 4. The molecular formula is C17H16N2S2. The van der Waals surface area contributed by atoms with Crippen molar-refractivity contribution in [3.8, 4) is 0 Å². The molecule has 1 aromatic heterocycles. The van der Waals surface area contributed by atoms with Crippen molar-refractivity contribution in [2.45, 2.75) is 12.3 Å². The summed E-state index contributed by atoms with van der Waals surface area (Å²) < 4.78 is 0.831. The summed E-state index contributed by atoms with van der Waals surface area (Å²) in [6.07, 6.45) is 0. The molecule has 0 fully saturated rings. The van der Waals surface area contributed by atoms with Gasteiger partial charge in [-0.15, -0.1) is 0 Å². The predicted molar refractivity (Wildman–Crippen MR) is 95.5 cm³/mol. The van der Waals surface area contributed by atoms with Gasteiger partial charge in [0.2, 0.25) is 0 Å². The van der Waals surface area contributed by atoms with Crippen LogP contribution in [0.4, 0.5) is 0 Å². The average Bonchev–Trinajstić information content (AvgIpc) is 2.95. The van der Waals surface area contributed by atoms with Crippen molar-refractivity contribution >= 4 is 39.2 Å². The Morgan fingerprint density at radius 2 is 1.81 bits per heavy atom. The molecule has 21 heavy (non-hydrogen) atoms. The lowest BCUT2D eigenvalue weighted by atomic mass is 10.2. The van der Waals surface area contributed by atoms with Crippen LogP contribution in [0.3, 0.4) is 0 Å². The van der Waals surface area contributed by atoms with Gasteiger partial charge in [-0.3, -0.25) is 0 Å². The number of thioether (sulfide) groups is 1. The molecule has 0 aliphatic heterocycles. The van der Waals surface area contributed by atoms with Gasteiger partial charge in [0.05, 0.1) is 6.54 Å². The van der Waals surface area contributed by atoms with Gasteiger partial charge in [-0.05, 0) is 23.1 Å². The Kier molecular flexibility index (Phi) is 4.58. The lowest BCUT2D eigenvalue weighted by Crippen LogP contribution is -2.17. The zero-order valence-corrected chi connectivity index (χ0v) is 13.1. The van der Waals surface area contributed by atoms with Gasteiger partial charge in [0.15, 0.2) is 0 Å². The van der Waals surface area contributed by atoms with E-state index in [2.05, 4.69) is 52.8 Å². The van der Waals surface area contributed by atoms with E-state index in [9.17, 15) is 0 Å². The molecule has 0 bridgehead atoms. The molecule has 0 aliphatic carbocycles. The van der Waals surface area contributed by atoms with Crippen molar-refractivity contribution in [1.82, 2.24) is 10.3 Å². The molecule has 0 atom stereocenters. The normalized spacial score (nSPS) is 10.7. The van der Waals surface area contributed by atoms with Crippen LogP contribution < -0.4 is 5.32 Å². The van der Waals surface area contributed by atoms with Gasteiger partial charge < -0.3 is 10.3 Å². The number of hydrogen-bond donors (Lipinski definition) is 2. The largest absolute Gasteiger partial charge is 0.365 e. The summed E-state index contributed by atoms with van der Waals surface area (Å²) >= 11 is 7.03. The number of para-hydroxylation sites is 1. The lowest BCUT2D eigenvalue weighted by molar-refractivity contribution is 0.908. The summed E-state index contributed by atoms with van der Waals surface area (Å²) in [7, 11) is 0. The number of nitrogens with one attached hydrogen (secondary N) is 2. The highest BCUT2D eigenvalue weighted by molar-refractivity contribution is 8.22. The molecule has 2 nitrogen and oxygen atoms in total. The second-order valence-electron chi connectivity index (χ2n) is 4.80. The van der Waals surface area contributed by atoms with Crippen LogP contribution in [0.5, 0.6) is 0 Å². The van der Waals surface area contributed by atoms with Crippen LogP contribution >= 0.6 is 24.0 Å². The Balaban J connectivity index is 1.51. The third-order valence-corrected chi connectivity index (χ3v) is 4.60. The quantitative estimate of drug-likeness (QED) is 0.696. The van der Waals surface area contributed by atoms with Crippen LogP contribution in [0.15, 0.2) is 60.7 Å². The Morgan fingerprint density at radius 3 is 2.62 bits per heavy atom. The highest BCUT2D eigenvalue weighted by Crippen LogP contribution is 2.16. The lowest BCUT2D eigenvalue weighted by Gasteiger charge is -2.06. The van der Waals surface area contributed by atoms with E-state index in [0.717, 1.165) is 27.8 Å². The molecule has 4 heteroatoms. The monoisotopic (exact) mass is 312 g/mol. The number of hydrogen-bond acceptors (Lipinski definition) is 2. The molecule has 1 heterocycles. The summed E-state index contributed by atoms with van der Waals surface area (Å²) in [5.74, 6) is 0.902. The first-order chi connectivity index (χ1) is 10.3. The van der Waals surface area contributed by atoms with Gasteiger partial charge in [-0.1, -0.05) is 72.5 Å². The van der Waals surface area contributed by atoms with Crippen molar-refractivity contribution in [2.75, 3.05) is 0 Å². The van der Waals surface area contributed by atoms with Crippen molar-refractivity contribution in [3.63, 3.8) is 0 Å². The van der Waals surface area contributed by atoms with Crippen molar-refractivity contribution in [2.24, 2.45) is 0 Å². The number of fused-ring (bicyclic) bond motifs is 1. The molecule has 3 rings (SSSR count). The van der Waals surface area contributed by atoms with Crippen LogP contribution in [0.2, 0.25) is 0 Å². The molecular weight excluding hydrogens is 296 g/mol. The fourth-order valence-corrected chi connectivity index (χ4v) is 3.08. The fraction of sp³-hybridized carbons (Fsp3) is 0.118. The van der Waals surface area contributed by atoms with Crippen LogP contribution in [-0.4, -0.2) is 9.30 Å². The summed E-state index contributed by atoms with van der Waals surface area (Å²) in [4.78, 5) is 3.39. The molecule has 0 radical (unpaired) electrons. The van der Waals surface area contributed by atoms with Gasteiger partial charge in [0.25, 0.3) is 0 Å². The van der Waals surface area contributed by atoms with Gasteiger partial charge in [0, 0.05) is 17.0 Å². The Labute approximate surface area is 134 Å². The maximum absolute atomic E-state index is 5.37. The van der Waals surface area contributed by atoms with E-state index in [4.69, 9.17) is 12.2 Å². The highest BCUT2D eigenvalue weighted by atomic mass is 32.2. The number of aromatic amines is 1. The molecule has 0 amide bonds. The maximum atomic E-state index is 5.37. The molecule has 3 aromatic rings. The van der Waals surface area contributed by atoms with Crippen LogP contribution in [0, 0.1) is 0 Å². The summed E-state index contributed by atoms with van der Waals surface area (Å²) in [5, 5.41) is 4.53. The van der Waals surface area contributed by atoms with Gasteiger partial charge in [-0.25, -0.2) is 0 Å². The van der Waals surface area contributed by atoms with Gasteiger partial charge in [-0.2, -0.15) is 0 Å². The smallest absolute Gasteiger partial charge is 0.134 e. The topological polar surface area (TPSA) is 27.8 Å². The molecule has 2 aromatic carbocycles. The first-order valence-corrected chi connectivity index (χ1v) is 8.22. The standard InChI is InChI=1S/C17H16N2S2/c20-17(21-12-13-6-2-1-3-7-13)18-11-15-10-14-8-4-5-9-16(14)19-15/h1-10,19H,11-12H2,(H,18,20). The highest BCUT2D eigenvalue weighted by Gasteiger charge is 2.02. The molecule has 0 unspecified atom stereocenters. The third kappa shape index (κ3) is 3.86. The van der Waals surface area contributed by atoms with Crippen LogP contribution in [0.1, 0.15) is 11.3 Å². The van der Waals surface area contributed by atoms with E-state index in [1.807, 2.05) is 18.2 Å². The van der Waals surface area contributed by atoms with E-state index in [1.54, 1.807) is 11.8 Å². The average molecular weight is 312 g/mol. The first kappa shape index (κ1) is 14.2. The minimum Gasteiger partial charge on any atom is -0.365 e. The van der Waals surface area contributed by atoms with E-state index >= 15 is 0 Å². The van der Waals surface area contributed by atoms with E-state index in [0.29, 0.717) is 0 Å². The third-order valence-electron chi connectivity index (χ3n) is 3.22. The number of H-pyrrole nitrogens is 1. The maximum Gasteiger partial charge on any atom is 0.134 e. The molecule has 2 N–H and O–H groups in total. The zero-order valence-electron chi connectivity index (χ0n) is 11.5. The second-order valence-corrected chi connectivity index (χ2v) is 6.45. The van der Waals surface area contributed by atoms with Crippen molar-refractivity contribution in [1.29, 1.82) is 0 Å². The second kappa shape index (κ2) is 6.78. The Bertz CT molecular complexity index is 702. The van der Waals surface area contributed by atoms with E-state index in [-0.39, 0.29) is 0 Å². The first-order valence-electron chi connectivity index (χ1n) is 6.82. The van der Waals surface area contributed by atoms with Crippen molar-refractivity contribution in [3.05, 3.63) is 71.9 Å². The molecule has 0 aliphatic rings. The molecule has 0 spiro atoms. The minimum absolute atomic E-state index is 0.731. The summed E-state index contributed by atoms with van der Waals surface area (Å²) in [5.41, 5.74) is 3.60. The van der Waals surface area contributed by atoms with Gasteiger partial charge >= 0.3 is 0 Å². The molecule has 0 saturated carbocycles. The number of aromatic nitrogens is 1. The van der Waals surface area contributed by atoms with Crippen LogP contribution in [-0.2, 0) is 12.3 Å². The van der Waals surface area contributed by atoms with Crippen molar-refractivity contribution < 1.29 is 0 Å². The minimum atomic E-state index is 0.731. The Morgan fingerprint density at radius 1 is 1.05 bits per heavy atom. The summed E-state index contributed by atoms with van der Waals surface area (Å²) in [6.45, 7) is 0.731. The fourth-order valence-electron chi connectivity index (χ4n) is 2.17. The van der Waals surface area contributed by atoms with E-state index in [1.165, 1.54) is 10.9 Å². The van der Waals surface area contributed by atoms with Crippen LogP contribution in [0.25, 0.3) is 10.9 Å². The SMILES string of the molecule is S=C(NCc1cc2ccccc2[nH]1)SCc1ccccc1. The number of benzene rings is 2. The van der Waals surface area contributed by atoms with Gasteiger partial charge in [0.1, 0.15) is 4.32 Å². The summed E-state index contributed by atoms with van der Waals surface area (Å²) in [6, 6.07) is 20.8. The molecule has 106 valence electrons. The number of thiocarbonyl (C=S) groups is 1.